The predicted octanol–water partition coefficient (Wildman–Crippen LogP) is 1.73. The van der Waals surface area contributed by atoms with E-state index in [1.807, 2.05) is 6.92 Å². The molecular formula is C10H13F2N3S. The van der Waals surface area contributed by atoms with Gasteiger partial charge >= 0.3 is 0 Å². The molecule has 1 rings (SSSR count). The van der Waals surface area contributed by atoms with Gasteiger partial charge in [-0.05, 0) is 18.6 Å². The zero-order valence-corrected chi connectivity index (χ0v) is 9.89. The van der Waals surface area contributed by atoms with Gasteiger partial charge in [0.2, 0.25) is 0 Å². The summed E-state index contributed by atoms with van der Waals surface area (Å²) in [4.78, 5) is 5.56. The summed E-state index contributed by atoms with van der Waals surface area (Å²) in [5.74, 6) is 0.396. The highest BCUT2D eigenvalue weighted by Gasteiger charge is 2.16. The maximum atomic E-state index is 12.3. The van der Waals surface area contributed by atoms with Crippen LogP contribution in [0.1, 0.15) is 11.1 Å². The van der Waals surface area contributed by atoms with E-state index in [2.05, 4.69) is 4.98 Å². The summed E-state index contributed by atoms with van der Waals surface area (Å²) in [6.07, 6.45) is -0.875. The van der Waals surface area contributed by atoms with Gasteiger partial charge in [-0.1, -0.05) is 12.2 Å². The number of hydrogen-bond donors (Lipinski definition) is 1. The number of anilines is 1. The van der Waals surface area contributed by atoms with Crippen LogP contribution in [-0.2, 0) is 0 Å². The van der Waals surface area contributed by atoms with Crippen LogP contribution in [0.3, 0.4) is 0 Å². The quantitative estimate of drug-likeness (QED) is 0.820. The van der Waals surface area contributed by atoms with E-state index in [9.17, 15) is 8.78 Å². The number of aryl methyl sites for hydroxylation is 1. The van der Waals surface area contributed by atoms with Crippen LogP contribution < -0.4 is 10.6 Å². The van der Waals surface area contributed by atoms with Crippen molar-refractivity contribution in [2.24, 2.45) is 5.73 Å². The molecule has 0 aliphatic carbocycles. The molecule has 1 aromatic heterocycles. The van der Waals surface area contributed by atoms with Crippen LogP contribution >= 0.6 is 12.2 Å². The van der Waals surface area contributed by atoms with Gasteiger partial charge in [0.15, 0.2) is 0 Å². The molecule has 6 heteroatoms. The molecule has 88 valence electrons. The SMILES string of the molecule is Cc1ccnc(N(C)CC(F)F)c1C(N)=S. The fraction of sp³-hybridized carbons (Fsp3) is 0.400. The Morgan fingerprint density at radius 3 is 2.75 bits per heavy atom. The van der Waals surface area contributed by atoms with Gasteiger partial charge in [-0.15, -0.1) is 0 Å². The Hall–Kier alpha value is -1.30. The molecule has 0 fully saturated rings. The van der Waals surface area contributed by atoms with Crippen molar-refractivity contribution >= 4 is 23.0 Å². The van der Waals surface area contributed by atoms with E-state index in [4.69, 9.17) is 18.0 Å². The van der Waals surface area contributed by atoms with Crippen LogP contribution in [0.2, 0.25) is 0 Å². The molecule has 0 bridgehead atoms. The minimum atomic E-state index is -2.42. The second kappa shape index (κ2) is 5.16. The molecule has 0 saturated heterocycles. The Morgan fingerprint density at radius 2 is 2.25 bits per heavy atom. The van der Waals surface area contributed by atoms with Gasteiger partial charge in [-0.2, -0.15) is 0 Å². The van der Waals surface area contributed by atoms with Crippen molar-refractivity contribution in [3.63, 3.8) is 0 Å². The highest BCUT2D eigenvalue weighted by atomic mass is 32.1. The summed E-state index contributed by atoms with van der Waals surface area (Å²) in [5, 5.41) is 0. The molecule has 0 spiro atoms. The molecule has 1 aromatic rings. The van der Waals surface area contributed by atoms with Crippen molar-refractivity contribution in [1.29, 1.82) is 0 Å². The second-order valence-electron chi connectivity index (χ2n) is 3.46. The number of hydrogen-bond acceptors (Lipinski definition) is 3. The lowest BCUT2D eigenvalue weighted by molar-refractivity contribution is 0.156. The first-order valence-corrected chi connectivity index (χ1v) is 5.09. The molecule has 0 unspecified atom stereocenters. The first-order valence-electron chi connectivity index (χ1n) is 4.68. The van der Waals surface area contributed by atoms with Crippen molar-refractivity contribution in [1.82, 2.24) is 4.98 Å². The van der Waals surface area contributed by atoms with Crippen molar-refractivity contribution in [2.45, 2.75) is 13.3 Å². The summed E-state index contributed by atoms with van der Waals surface area (Å²) in [6.45, 7) is 1.42. The molecule has 0 aromatic carbocycles. The van der Waals surface area contributed by atoms with E-state index in [1.165, 1.54) is 11.9 Å². The van der Waals surface area contributed by atoms with E-state index < -0.39 is 13.0 Å². The van der Waals surface area contributed by atoms with Gasteiger partial charge in [0.05, 0.1) is 12.1 Å². The average Bonchev–Trinajstić information content (AvgIpc) is 2.15. The highest BCUT2D eigenvalue weighted by Crippen LogP contribution is 2.20. The smallest absolute Gasteiger partial charge is 0.255 e. The summed E-state index contributed by atoms with van der Waals surface area (Å²) < 4.78 is 24.5. The highest BCUT2D eigenvalue weighted by molar-refractivity contribution is 7.80. The topological polar surface area (TPSA) is 42.2 Å². The Labute approximate surface area is 98.3 Å². The van der Waals surface area contributed by atoms with Crippen molar-refractivity contribution < 1.29 is 8.78 Å². The zero-order valence-electron chi connectivity index (χ0n) is 9.08. The van der Waals surface area contributed by atoms with E-state index in [0.29, 0.717) is 11.4 Å². The van der Waals surface area contributed by atoms with Gasteiger partial charge in [-0.25, -0.2) is 13.8 Å². The van der Waals surface area contributed by atoms with E-state index in [-0.39, 0.29) is 4.99 Å². The Balaban J connectivity index is 3.12. The fourth-order valence-corrected chi connectivity index (χ4v) is 1.68. The van der Waals surface area contributed by atoms with Crippen LogP contribution in [0, 0.1) is 6.92 Å². The number of rotatable bonds is 4. The minimum Gasteiger partial charge on any atom is -0.389 e. The Morgan fingerprint density at radius 1 is 1.62 bits per heavy atom. The summed E-state index contributed by atoms with van der Waals surface area (Å²) >= 11 is 4.89. The van der Waals surface area contributed by atoms with Crippen LogP contribution in [0.25, 0.3) is 0 Å². The third kappa shape index (κ3) is 2.85. The number of alkyl halides is 2. The standard InChI is InChI=1S/C10H13F2N3S/c1-6-3-4-14-10(8(6)9(13)16)15(2)5-7(11)12/h3-4,7H,5H2,1-2H3,(H2,13,16). The zero-order chi connectivity index (χ0) is 12.3. The molecular weight excluding hydrogens is 232 g/mol. The van der Waals surface area contributed by atoms with Gasteiger partial charge in [0.1, 0.15) is 10.8 Å². The lowest BCUT2D eigenvalue weighted by atomic mass is 10.1. The van der Waals surface area contributed by atoms with Crippen LogP contribution in [0.15, 0.2) is 12.3 Å². The van der Waals surface area contributed by atoms with E-state index in [0.717, 1.165) is 5.56 Å². The lowest BCUT2D eigenvalue weighted by Crippen LogP contribution is -2.28. The molecule has 0 saturated carbocycles. The molecule has 16 heavy (non-hydrogen) atoms. The maximum Gasteiger partial charge on any atom is 0.255 e. The molecule has 1 heterocycles. The second-order valence-corrected chi connectivity index (χ2v) is 3.90. The molecule has 0 aliphatic rings. The molecule has 0 radical (unpaired) electrons. The van der Waals surface area contributed by atoms with Gasteiger partial charge < -0.3 is 10.6 Å². The molecule has 0 aliphatic heterocycles. The van der Waals surface area contributed by atoms with Crippen molar-refractivity contribution in [3.8, 4) is 0 Å². The predicted molar refractivity (Wildman–Crippen MR) is 64.1 cm³/mol. The first kappa shape index (κ1) is 12.8. The van der Waals surface area contributed by atoms with Crippen molar-refractivity contribution in [3.05, 3.63) is 23.4 Å². The lowest BCUT2D eigenvalue weighted by Gasteiger charge is -2.21. The molecule has 0 atom stereocenters. The normalized spacial score (nSPS) is 10.6. The fourth-order valence-electron chi connectivity index (χ4n) is 1.43. The van der Waals surface area contributed by atoms with Gasteiger partial charge in [0.25, 0.3) is 6.43 Å². The molecule has 2 N–H and O–H groups in total. The Bertz CT molecular complexity index is 396. The molecule has 0 amide bonds. The van der Waals surface area contributed by atoms with Gasteiger partial charge in [0, 0.05) is 13.2 Å². The van der Waals surface area contributed by atoms with E-state index >= 15 is 0 Å². The third-order valence-corrected chi connectivity index (χ3v) is 2.36. The number of pyridine rings is 1. The average molecular weight is 245 g/mol. The summed E-state index contributed by atoms with van der Waals surface area (Å²) in [6, 6.07) is 1.74. The third-order valence-electron chi connectivity index (χ3n) is 2.16. The summed E-state index contributed by atoms with van der Waals surface area (Å²) in [7, 11) is 1.54. The molecule has 3 nitrogen and oxygen atoms in total. The number of nitrogens with zero attached hydrogens (tertiary/aromatic N) is 2. The van der Waals surface area contributed by atoms with Gasteiger partial charge in [-0.3, -0.25) is 0 Å². The monoisotopic (exact) mass is 245 g/mol. The number of halogens is 2. The summed E-state index contributed by atoms with van der Waals surface area (Å²) in [5.41, 5.74) is 6.95. The van der Waals surface area contributed by atoms with Crippen LogP contribution in [-0.4, -0.2) is 30.0 Å². The van der Waals surface area contributed by atoms with Crippen molar-refractivity contribution in [2.75, 3.05) is 18.5 Å². The minimum absolute atomic E-state index is 0.168. The number of aromatic nitrogens is 1. The number of thiocarbonyl (C=S) groups is 1. The largest absolute Gasteiger partial charge is 0.389 e. The number of nitrogens with two attached hydrogens (primary N) is 1. The first-order chi connectivity index (χ1) is 7.43. The maximum absolute atomic E-state index is 12.3. The van der Waals surface area contributed by atoms with Crippen LogP contribution in [0.4, 0.5) is 14.6 Å². The van der Waals surface area contributed by atoms with Crippen LogP contribution in [0.5, 0.6) is 0 Å². The Kier molecular flexibility index (Phi) is 4.12. The van der Waals surface area contributed by atoms with E-state index in [1.54, 1.807) is 12.3 Å².